The van der Waals surface area contributed by atoms with E-state index in [1.807, 2.05) is 6.07 Å². The van der Waals surface area contributed by atoms with Crippen molar-refractivity contribution >= 4 is 11.5 Å². The van der Waals surface area contributed by atoms with Crippen LogP contribution in [-0.2, 0) is 6.42 Å². The van der Waals surface area contributed by atoms with Crippen molar-refractivity contribution in [2.45, 2.75) is 20.3 Å². The molecule has 66 valence electrons. The zero-order valence-corrected chi connectivity index (χ0v) is 7.54. The molecule has 1 aromatic heterocycles. The van der Waals surface area contributed by atoms with Gasteiger partial charge in [-0.25, -0.2) is 4.98 Å². The number of pyridine rings is 1. The summed E-state index contributed by atoms with van der Waals surface area (Å²) >= 11 is 0. The van der Waals surface area contributed by atoms with Gasteiger partial charge in [-0.15, -0.1) is 0 Å². The Balaban J connectivity index is 2.92. The van der Waals surface area contributed by atoms with Gasteiger partial charge in [0, 0.05) is 6.20 Å². The van der Waals surface area contributed by atoms with Crippen LogP contribution >= 0.6 is 0 Å². The van der Waals surface area contributed by atoms with Crippen LogP contribution in [0.15, 0.2) is 12.3 Å². The average molecular weight is 165 g/mol. The van der Waals surface area contributed by atoms with Crippen LogP contribution in [0.4, 0.5) is 11.5 Å². The van der Waals surface area contributed by atoms with Gasteiger partial charge in [-0.05, 0) is 24.0 Å². The molecule has 3 heteroatoms. The fourth-order valence-electron chi connectivity index (χ4n) is 1.15. The highest BCUT2D eigenvalue weighted by Crippen LogP contribution is 2.19. The van der Waals surface area contributed by atoms with Gasteiger partial charge in [0.2, 0.25) is 0 Å². The number of hydrogen-bond donors (Lipinski definition) is 2. The standard InChI is InChI=1S/C9H15N3/c1-6(2)5-7-3-4-12-9(11)8(7)10/h3-4,6H,5,10H2,1-2H3,(H2,11,12). The summed E-state index contributed by atoms with van der Waals surface area (Å²) in [6.45, 7) is 4.30. The number of nitrogens with zero attached hydrogens (tertiary/aromatic N) is 1. The third-order valence-corrected chi connectivity index (χ3v) is 1.74. The van der Waals surface area contributed by atoms with Crippen LogP contribution in [0, 0.1) is 5.92 Å². The summed E-state index contributed by atoms with van der Waals surface area (Å²) in [7, 11) is 0. The Morgan fingerprint density at radius 1 is 1.42 bits per heavy atom. The molecule has 1 heterocycles. The van der Waals surface area contributed by atoms with Crippen molar-refractivity contribution in [1.82, 2.24) is 4.98 Å². The number of nitrogens with two attached hydrogens (primary N) is 2. The van der Waals surface area contributed by atoms with E-state index < -0.39 is 0 Å². The van der Waals surface area contributed by atoms with E-state index >= 15 is 0 Å². The van der Waals surface area contributed by atoms with Crippen LogP contribution in [0.5, 0.6) is 0 Å². The molecule has 0 unspecified atom stereocenters. The van der Waals surface area contributed by atoms with Crippen LogP contribution in [0.2, 0.25) is 0 Å². The fourth-order valence-corrected chi connectivity index (χ4v) is 1.15. The first-order valence-electron chi connectivity index (χ1n) is 4.10. The lowest BCUT2D eigenvalue weighted by Crippen LogP contribution is -2.04. The van der Waals surface area contributed by atoms with Crippen molar-refractivity contribution in [2.24, 2.45) is 5.92 Å². The molecule has 0 aliphatic heterocycles. The van der Waals surface area contributed by atoms with E-state index in [0.717, 1.165) is 12.0 Å². The maximum absolute atomic E-state index is 5.74. The number of rotatable bonds is 2. The first-order valence-corrected chi connectivity index (χ1v) is 4.10. The molecule has 4 N–H and O–H groups in total. The number of aromatic nitrogens is 1. The molecule has 0 amide bonds. The molecule has 0 fully saturated rings. The molecule has 0 radical (unpaired) electrons. The Bertz CT molecular complexity index is 268. The van der Waals surface area contributed by atoms with Gasteiger partial charge in [0.05, 0.1) is 5.69 Å². The molecule has 0 atom stereocenters. The Morgan fingerprint density at radius 2 is 2.08 bits per heavy atom. The van der Waals surface area contributed by atoms with Crippen LogP contribution < -0.4 is 11.5 Å². The zero-order chi connectivity index (χ0) is 9.14. The summed E-state index contributed by atoms with van der Waals surface area (Å²) in [5.41, 5.74) is 13.0. The van der Waals surface area contributed by atoms with E-state index in [4.69, 9.17) is 11.5 Å². The van der Waals surface area contributed by atoms with E-state index in [0.29, 0.717) is 17.4 Å². The maximum atomic E-state index is 5.74. The van der Waals surface area contributed by atoms with Crippen molar-refractivity contribution in [1.29, 1.82) is 0 Å². The predicted molar refractivity (Wildman–Crippen MR) is 51.6 cm³/mol. The van der Waals surface area contributed by atoms with E-state index in [1.54, 1.807) is 6.20 Å². The monoisotopic (exact) mass is 165 g/mol. The zero-order valence-electron chi connectivity index (χ0n) is 7.54. The third kappa shape index (κ3) is 1.87. The van der Waals surface area contributed by atoms with Gasteiger partial charge >= 0.3 is 0 Å². The summed E-state index contributed by atoms with van der Waals surface area (Å²) in [6.07, 6.45) is 2.65. The molecule has 1 rings (SSSR count). The smallest absolute Gasteiger partial charge is 0.146 e. The first-order chi connectivity index (χ1) is 5.61. The third-order valence-electron chi connectivity index (χ3n) is 1.74. The van der Waals surface area contributed by atoms with E-state index in [9.17, 15) is 0 Å². The second-order valence-electron chi connectivity index (χ2n) is 3.37. The largest absolute Gasteiger partial charge is 0.396 e. The van der Waals surface area contributed by atoms with E-state index in [2.05, 4.69) is 18.8 Å². The lowest BCUT2D eigenvalue weighted by atomic mass is 10.0. The normalized spacial score (nSPS) is 10.6. The van der Waals surface area contributed by atoms with Crippen molar-refractivity contribution < 1.29 is 0 Å². The Hall–Kier alpha value is -1.25. The maximum Gasteiger partial charge on any atom is 0.146 e. The molecule has 0 bridgehead atoms. The summed E-state index contributed by atoms with van der Waals surface area (Å²) in [5.74, 6) is 1.03. The molecule has 1 aromatic rings. The van der Waals surface area contributed by atoms with E-state index in [-0.39, 0.29) is 0 Å². The van der Waals surface area contributed by atoms with Gasteiger partial charge < -0.3 is 11.5 Å². The fraction of sp³-hybridized carbons (Fsp3) is 0.444. The average Bonchev–Trinajstić information content (AvgIpc) is 1.98. The second-order valence-corrected chi connectivity index (χ2v) is 3.37. The van der Waals surface area contributed by atoms with Crippen LogP contribution in [-0.4, -0.2) is 4.98 Å². The quantitative estimate of drug-likeness (QED) is 0.697. The summed E-state index contributed by atoms with van der Waals surface area (Å²) in [6, 6.07) is 1.92. The molecule has 0 spiro atoms. The van der Waals surface area contributed by atoms with Crippen molar-refractivity contribution in [3.05, 3.63) is 17.8 Å². The molecule has 0 saturated heterocycles. The van der Waals surface area contributed by atoms with Crippen molar-refractivity contribution in [3.63, 3.8) is 0 Å². The highest BCUT2D eigenvalue weighted by atomic mass is 14.9. The van der Waals surface area contributed by atoms with Gasteiger partial charge in [0.15, 0.2) is 0 Å². The lowest BCUT2D eigenvalue weighted by Gasteiger charge is -2.08. The lowest BCUT2D eigenvalue weighted by molar-refractivity contribution is 0.648. The molecule has 0 aliphatic rings. The number of anilines is 2. The Morgan fingerprint density at radius 3 is 2.67 bits per heavy atom. The highest BCUT2D eigenvalue weighted by Gasteiger charge is 2.04. The molecule has 0 aromatic carbocycles. The molecule has 0 saturated carbocycles. The van der Waals surface area contributed by atoms with Crippen LogP contribution in [0.1, 0.15) is 19.4 Å². The van der Waals surface area contributed by atoms with Crippen molar-refractivity contribution in [2.75, 3.05) is 11.5 Å². The van der Waals surface area contributed by atoms with Gasteiger partial charge in [-0.3, -0.25) is 0 Å². The van der Waals surface area contributed by atoms with Crippen LogP contribution in [0.3, 0.4) is 0 Å². The molecule has 3 nitrogen and oxygen atoms in total. The van der Waals surface area contributed by atoms with Crippen LogP contribution in [0.25, 0.3) is 0 Å². The van der Waals surface area contributed by atoms with Gasteiger partial charge in [-0.2, -0.15) is 0 Å². The minimum absolute atomic E-state index is 0.438. The van der Waals surface area contributed by atoms with Crippen molar-refractivity contribution in [3.8, 4) is 0 Å². The minimum atomic E-state index is 0.438. The molecule has 12 heavy (non-hydrogen) atoms. The summed E-state index contributed by atoms with van der Waals surface area (Å²) < 4.78 is 0. The molecular weight excluding hydrogens is 150 g/mol. The second kappa shape index (κ2) is 3.43. The summed E-state index contributed by atoms with van der Waals surface area (Å²) in [4.78, 5) is 3.90. The molecular formula is C9H15N3. The predicted octanol–water partition coefficient (Wildman–Crippen LogP) is 1.44. The first kappa shape index (κ1) is 8.84. The van der Waals surface area contributed by atoms with Gasteiger partial charge in [0.25, 0.3) is 0 Å². The van der Waals surface area contributed by atoms with E-state index in [1.165, 1.54) is 0 Å². The molecule has 0 aliphatic carbocycles. The number of nitrogen functional groups attached to an aromatic ring is 2. The van der Waals surface area contributed by atoms with Gasteiger partial charge in [0.1, 0.15) is 5.82 Å². The Kier molecular flexibility index (Phi) is 2.53. The Labute approximate surface area is 72.8 Å². The SMILES string of the molecule is CC(C)Cc1ccnc(N)c1N. The summed E-state index contributed by atoms with van der Waals surface area (Å²) in [5, 5.41) is 0. The number of hydrogen-bond acceptors (Lipinski definition) is 3. The highest BCUT2D eigenvalue weighted by molar-refractivity contribution is 5.62. The minimum Gasteiger partial charge on any atom is -0.396 e. The topological polar surface area (TPSA) is 64.9 Å². The van der Waals surface area contributed by atoms with Gasteiger partial charge in [-0.1, -0.05) is 13.8 Å².